The van der Waals surface area contributed by atoms with Crippen molar-refractivity contribution in [2.45, 2.75) is 6.42 Å². The van der Waals surface area contributed by atoms with Crippen LogP contribution in [-0.4, -0.2) is 0 Å². The average Bonchev–Trinajstić information content (AvgIpc) is 3.27. The van der Waals surface area contributed by atoms with Gasteiger partial charge in [0, 0.05) is 0 Å². The Morgan fingerprint density at radius 1 is 0.333 bits per heavy atom. The van der Waals surface area contributed by atoms with E-state index in [4.69, 9.17) is 0 Å². The summed E-state index contributed by atoms with van der Waals surface area (Å²) in [6.45, 7) is 0. The van der Waals surface area contributed by atoms with Gasteiger partial charge in [-0.25, -0.2) is 0 Å². The molecule has 0 heteroatoms. The maximum Gasteiger partial charge on any atom is -0.000112 e. The van der Waals surface area contributed by atoms with Gasteiger partial charge in [-0.2, -0.15) is 0 Å². The van der Waals surface area contributed by atoms with E-state index in [0.717, 1.165) is 6.42 Å². The summed E-state index contributed by atoms with van der Waals surface area (Å²) in [6.07, 6.45) is 0.969. The standard InChI is InChI=1S/C33H22/c1-3-9-24-19-26(17-15-22(24)7-1)28-11-5-13-30-31-14-6-12-29(33(31)21-32(28)30)27-18-16-23-8-2-4-10-25(23)20-27/h1-20H,21H2. The van der Waals surface area contributed by atoms with Crippen LogP contribution < -0.4 is 0 Å². The summed E-state index contributed by atoms with van der Waals surface area (Å²) in [5, 5.41) is 5.16. The fraction of sp³-hybridized carbons (Fsp3) is 0.0303. The molecule has 33 heavy (non-hydrogen) atoms. The minimum atomic E-state index is 0.969. The van der Waals surface area contributed by atoms with E-state index in [1.807, 2.05) is 0 Å². The Balaban J connectivity index is 1.38. The van der Waals surface area contributed by atoms with E-state index in [-0.39, 0.29) is 0 Å². The molecule has 0 saturated heterocycles. The van der Waals surface area contributed by atoms with Crippen LogP contribution in [0.3, 0.4) is 0 Å². The van der Waals surface area contributed by atoms with Crippen molar-refractivity contribution < 1.29 is 0 Å². The molecular weight excluding hydrogens is 396 g/mol. The third-order valence-corrected chi connectivity index (χ3v) is 7.12. The third-order valence-electron chi connectivity index (χ3n) is 7.12. The van der Waals surface area contributed by atoms with Crippen LogP contribution in [0.1, 0.15) is 11.1 Å². The second-order valence-corrected chi connectivity index (χ2v) is 8.96. The smallest absolute Gasteiger partial charge is 0.000112 e. The number of hydrogen-bond acceptors (Lipinski definition) is 0. The third kappa shape index (κ3) is 2.92. The summed E-state index contributed by atoms with van der Waals surface area (Å²) in [4.78, 5) is 0. The quantitative estimate of drug-likeness (QED) is 0.263. The van der Waals surface area contributed by atoms with E-state index in [0.29, 0.717) is 0 Å². The van der Waals surface area contributed by atoms with Crippen LogP contribution in [0, 0.1) is 0 Å². The van der Waals surface area contributed by atoms with Crippen molar-refractivity contribution in [3.63, 3.8) is 0 Å². The normalized spacial score (nSPS) is 12.1. The fourth-order valence-electron chi connectivity index (χ4n) is 5.49. The monoisotopic (exact) mass is 418 g/mol. The number of fused-ring (bicyclic) bond motifs is 5. The molecule has 0 radical (unpaired) electrons. The van der Waals surface area contributed by atoms with Crippen molar-refractivity contribution in [3.8, 4) is 33.4 Å². The average molecular weight is 419 g/mol. The Morgan fingerprint density at radius 3 is 1.24 bits per heavy atom. The van der Waals surface area contributed by atoms with Crippen LogP contribution in [0.25, 0.3) is 54.9 Å². The van der Waals surface area contributed by atoms with Gasteiger partial charge >= 0.3 is 0 Å². The van der Waals surface area contributed by atoms with Gasteiger partial charge in [-0.05, 0) is 84.6 Å². The molecule has 0 saturated carbocycles. The maximum absolute atomic E-state index is 2.33. The molecule has 0 amide bonds. The van der Waals surface area contributed by atoms with Gasteiger partial charge in [0.2, 0.25) is 0 Å². The van der Waals surface area contributed by atoms with Gasteiger partial charge in [-0.1, -0.05) is 109 Å². The van der Waals surface area contributed by atoms with Gasteiger partial charge in [0.15, 0.2) is 0 Å². The lowest BCUT2D eigenvalue weighted by atomic mass is 9.93. The van der Waals surface area contributed by atoms with Gasteiger partial charge < -0.3 is 0 Å². The first kappa shape index (κ1) is 18.4. The van der Waals surface area contributed by atoms with Gasteiger partial charge in [0.05, 0.1) is 0 Å². The molecule has 0 atom stereocenters. The van der Waals surface area contributed by atoms with Crippen molar-refractivity contribution in [1.82, 2.24) is 0 Å². The Kier molecular flexibility index (Phi) is 4.01. The zero-order chi connectivity index (χ0) is 21.8. The zero-order valence-electron chi connectivity index (χ0n) is 18.3. The molecule has 0 spiro atoms. The largest absolute Gasteiger partial charge is 0.0616 e. The molecule has 1 aliphatic rings. The molecule has 0 unspecified atom stereocenters. The lowest BCUT2D eigenvalue weighted by Crippen LogP contribution is -1.90. The Morgan fingerprint density at radius 2 is 0.758 bits per heavy atom. The molecule has 0 heterocycles. The lowest BCUT2D eigenvalue weighted by molar-refractivity contribution is 1.26. The van der Waals surface area contributed by atoms with E-state index >= 15 is 0 Å². The minimum absolute atomic E-state index is 0.969. The van der Waals surface area contributed by atoms with Crippen LogP contribution in [0.15, 0.2) is 121 Å². The summed E-state index contributed by atoms with van der Waals surface area (Å²) in [5.74, 6) is 0. The Hall–Kier alpha value is -4.16. The highest BCUT2D eigenvalue weighted by atomic mass is 14.3. The molecule has 0 nitrogen and oxygen atoms in total. The second kappa shape index (κ2) is 7.18. The SMILES string of the molecule is c1cc(-c2ccc3ccccc3c2)c2c(c1)-c1cccc(-c3ccc4ccccc4c3)c1C2. The van der Waals surface area contributed by atoms with Crippen LogP contribution in [0.4, 0.5) is 0 Å². The van der Waals surface area contributed by atoms with Crippen molar-refractivity contribution in [1.29, 1.82) is 0 Å². The first-order valence-electron chi connectivity index (χ1n) is 11.6. The number of hydrogen-bond donors (Lipinski definition) is 0. The minimum Gasteiger partial charge on any atom is -0.0616 e. The summed E-state index contributed by atoms with van der Waals surface area (Å²) in [5.41, 5.74) is 10.9. The van der Waals surface area contributed by atoms with Crippen LogP contribution >= 0.6 is 0 Å². The van der Waals surface area contributed by atoms with Crippen molar-refractivity contribution >= 4 is 21.5 Å². The molecular formula is C33H22. The van der Waals surface area contributed by atoms with Crippen LogP contribution in [0.5, 0.6) is 0 Å². The first-order chi connectivity index (χ1) is 16.3. The highest BCUT2D eigenvalue weighted by molar-refractivity contribution is 5.94. The van der Waals surface area contributed by atoms with Gasteiger partial charge in [-0.15, -0.1) is 0 Å². The fourth-order valence-corrected chi connectivity index (χ4v) is 5.49. The van der Waals surface area contributed by atoms with Gasteiger partial charge in [-0.3, -0.25) is 0 Å². The summed E-state index contributed by atoms with van der Waals surface area (Å²) in [6, 6.07) is 44.5. The zero-order valence-corrected chi connectivity index (χ0v) is 18.3. The van der Waals surface area contributed by atoms with Crippen LogP contribution in [-0.2, 0) is 6.42 Å². The summed E-state index contributed by atoms with van der Waals surface area (Å²) >= 11 is 0. The van der Waals surface area contributed by atoms with E-state index in [1.165, 1.54) is 66.1 Å². The lowest BCUT2D eigenvalue weighted by Gasteiger charge is -2.10. The second-order valence-electron chi connectivity index (χ2n) is 8.96. The highest BCUT2D eigenvalue weighted by Gasteiger charge is 2.24. The first-order valence-corrected chi connectivity index (χ1v) is 11.6. The summed E-state index contributed by atoms with van der Waals surface area (Å²) < 4.78 is 0. The molecule has 0 fully saturated rings. The highest BCUT2D eigenvalue weighted by Crippen LogP contribution is 2.45. The Bertz CT molecular complexity index is 1560. The molecule has 6 aromatic carbocycles. The molecule has 0 aliphatic heterocycles. The molecule has 154 valence electrons. The molecule has 0 aromatic heterocycles. The van der Waals surface area contributed by atoms with Crippen molar-refractivity contribution in [2.24, 2.45) is 0 Å². The van der Waals surface area contributed by atoms with E-state index in [2.05, 4.69) is 121 Å². The molecule has 1 aliphatic carbocycles. The molecule has 0 N–H and O–H groups in total. The Labute approximate surface area is 193 Å². The van der Waals surface area contributed by atoms with E-state index < -0.39 is 0 Å². The predicted octanol–water partition coefficient (Wildman–Crippen LogP) is 8.90. The van der Waals surface area contributed by atoms with Gasteiger partial charge in [0.1, 0.15) is 0 Å². The molecule has 0 bridgehead atoms. The predicted molar refractivity (Wildman–Crippen MR) is 141 cm³/mol. The number of benzene rings is 6. The molecule has 7 rings (SSSR count). The summed E-state index contributed by atoms with van der Waals surface area (Å²) in [7, 11) is 0. The van der Waals surface area contributed by atoms with Gasteiger partial charge in [0.25, 0.3) is 0 Å². The number of rotatable bonds is 2. The van der Waals surface area contributed by atoms with Crippen LogP contribution in [0.2, 0.25) is 0 Å². The topological polar surface area (TPSA) is 0 Å². The van der Waals surface area contributed by atoms with Crippen molar-refractivity contribution in [3.05, 3.63) is 132 Å². The van der Waals surface area contributed by atoms with E-state index in [9.17, 15) is 0 Å². The molecule has 6 aromatic rings. The van der Waals surface area contributed by atoms with Crippen molar-refractivity contribution in [2.75, 3.05) is 0 Å². The van der Waals surface area contributed by atoms with E-state index in [1.54, 1.807) is 0 Å². The maximum atomic E-state index is 2.33.